The predicted octanol–water partition coefficient (Wildman–Crippen LogP) is 0.991. The second-order valence-corrected chi connectivity index (χ2v) is 5.36. The van der Waals surface area contributed by atoms with Gasteiger partial charge in [0.25, 0.3) is 0 Å². The molecule has 0 bridgehead atoms. The molecular formula is C16H21N5O2. The fourth-order valence-corrected chi connectivity index (χ4v) is 2.72. The zero-order chi connectivity index (χ0) is 17.0. The second kappa shape index (κ2) is 7.20. The monoisotopic (exact) mass is 315 g/mol. The Hall–Kier alpha value is -2.46. The molecule has 0 aliphatic heterocycles. The van der Waals surface area contributed by atoms with E-state index >= 15 is 0 Å². The molecule has 2 aromatic rings. The number of fused-ring (bicyclic) bond motifs is 1. The van der Waals surface area contributed by atoms with E-state index in [0.717, 1.165) is 17.0 Å². The molecule has 23 heavy (non-hydrogen) atoms. The highest BCUT2D eigenvalue weighted by Crippen LogP contribution is 2.18. The summed E-state index contributed by atoms with van der Waals surface area (Å²) in [4.78, 5) is 18.3. The van der Waals surface area contributed by atoms with Gasteiger partial charge in [-0.1, -0.05) is 0 Å². The van der Waals surface area contributed by atoms with Gasteiger partial charge in [-0.3, -0.25) is 4.79 Å². The average molecular weight is 315 g/mol. The molecule has 0 saturated carbocycles. The van der Waals surface area contributed by atoms with Gasteiger partial charge in [0.15, 0.2) is 5.65 Å². The largest absolute Gasteiger partial charge is 0.395 e. The van der Waals surface area contributed by atoms with Crippen molar-refractivity contribution >= 4 is 11.6 Å². The van der Waals surface area contributed by atoms with Gasteiger partial charge in [0, 0.05) is 30.9 Å². The topological polar surface area (TPSA) is 94.5 Å². The van der Waals surface area contributed by atoms with Crippen LogP contribution in [-0.2, 0) is 11.2 Å². The van der Waals surface area contributed by atoms with Gasteiger partial charge in [-0.05, 0) is 32.8 Å². The molecule has 0 radical (unpaired) electrons. The van der Waals surface area contributed by atoms with Crippen LogP contribution in [0.2, 0.25) is 0 Å². The highest BCUT2D eigenvalue weighted by Gasteiger charge is 2.16. The molecular weight excluding hydrogens is 294 g/mol. The standard InChI is InChI=1S/C16H21N5O2/c1-4-20(7-8-22)15(23)6-5-14-11(2)19-16-13(9-17)10-18-21(16)12(14)3/h10,22H,4-8H2,1-3H3. The quantitative estimate of drug-likeness (QED) is 0.858. The van der Waals surface area contributed by atoms with Crippen LogP contribution in [0.3, 0.4) is 0 Å². The molecule has 0 fully saturated rings. The van der Waals surface area contributed by atoms with E-state index in [9.17, 15) is 4.79 Å². The van der Waals surface area contributed by atoms with Gasteiger partial charge in [-0.2, -0.15) is 10.4 Å². The number of aromatic nitrogens is 3. The maximum atomic E-state index is 12.2. The first-order chi connectivity index (χ1) is 11.0. The fourth-order valence-electron chi connectivity index (χ4n) is 2.72. The van der Waals surface area contributed by atoms with Gasteiger partial charge < -0.3 is 10.0 Å². The molecule has 0 aliphatic carbocycles. The van der Waals surface area contributed by atoms with E-state index in [1.807, 2.05) is 20.8 Å². The van der Waals surface area contributed by atoms with Gasteiger partial charge in [0.05, 0.1) is 12.8 Å². The Morgan fingerprint density at radius 3 is 2.83 bits per heavy atom. The van der Waals surface area contributed by atoms with E-state index in [0.29, 0.717) is 37.1 Å². The van der Waals surface area contributed by atoms with Crippen molar-refractivity contribution in [2.45, 2.75) is 33.6 Å². The van der Waals surface area contributed by atoms with Crippen LogP contribution in [0.5, 0.6) is 0 Å². The van der Waals surface area contributed by atoms with E-state index < -0.39 is 0 Å². The number of likely N-dealkylation sites (N-methyl/N-ethyl adjacent to an activating group) is 1. The van der Waals surface area contributed by atoms with Gasteiger partial charge in [0.1, 0.15) is 11.6 Å². The maximum Gasteiger partial charge on any atom is 0.222 e. The maximum absolute atomic E-state index is 12.2. The number of carbonyl (C=O) groups excluding carboxylic acids is 1. The molecule has 0 unspecified atom stereocenters. The van der Waals surface area contributed by atoms with Gasteiger partial charge in [0.2, 0.25) is 5.91 Å². The number of hydrogen-bond donors (Lipinski definition) is 1. The first kappa shape index (κ1) is 16.9. The smallest absolute Gasteiger partial charge is 0.222 e. The lowest BCUT2D eigenvalue weighted by Crippen LogP contribution is -2.33. The van der Waals surface area contributed by atoms with Crippen molar-refractivity contribution in [3.8, 4) is 6.07 Å². The Kier molecular flexibility index (Phi) is 5.29. The van der Waals surface area contributed by atoms with E-state index in [1.54, 1.807) is 9.42 Å². The number of carbonyl (C=O) groups is 1. The molecule has 2 rings (SSSR count). The van der Waals surface area contributed by atoms with Crippen LogP contribution >= 0.6 is 0 Å². The third-order valence-corrected chi connectivity index (χ3v) is 4.02. The number of amides is 1. The lowest BCUT2D eigenvalue weighted by atomic mass is 10.1. The van der Waals surface area contributed by atoms with E-state index in [-0.39, 0.29) is 12.5 Å². The fraction of sp³-hybridized carbons (Fsp3) is 0.500. The Balaban J connectivity index is 2.24. The summed E-state index contributed by atoms with van der Waals surface area (Å²) in [5, 5.41) is 22.3. The van der Waals surface area contributed by atoms with Crippen LogP contribution in [0.25, 0.3) is 5.65 Å². The minimum Gasteiger partial charge on any atom is -0.395 e. The van der Waals surface area contributed by atoms with Crippen LogP contribution in [0.4, 0.5) is 0 Å². The minimum absolute atomic E-state index is 0.0126. The van der Waals surface area contributed by atoms with Crippen molar-refractivity contribution < 1.29 is 9.90 Å². The molecule has 0 saturated heterocycles. The first-order valence-electron chi connectivity index (χ1n) is 7.66. The number of aliphatic hydroxyl groups excluding tert-OH is 1. The Morgan fingerprint density at radius 1 is 1.48 bits per heavy atom. The van der Waals surface area contributed by atoms with Crippen molar-refractivity contribution in [3.63, 3.8) is 0 Å². The predicted molar refractivity (Wildman–Crippen MR) is 84.8 cm³/mol. The summed E-state index contributed by atoms with van der Waals surface area (Å²) in [5.74, 6) is 0.0126. The molecule has 0 aromatic carbocycles. The zero-order valence-electron chi connectivity index (χ0n) is 13.7. The Labute approximate surface area is 135 Å². The van der Waals surface area contributed by atoms with Crippen LogP contribution in [0.15, 0.2) is 6.20 Å². The van der Waals surface area contributed by atoms with Crippen molar-refractivity contribution in [3.05, 3.63) is 28.7 Å². The first-order valence-corrected chi connectivity index (χ1v) is 7.66. The number of hydrogen-bond acceptors (Lipinski definition) is 5. The zero-order valence-corrected chi connectivity index (χ0v) is 13.7. The molecule has 1 amide bonds. The summed E-state index contributed by atoms with van der Waals surface area (Å²) in [7, 11) is 0. The molecule has 1 N–H and O–H groups in total. The second-order valence-electron chi connectivity index (χ2n) is 5.36. The lowest BCUT2D eigenvalue weighted by Gasteiger charge is -2.20. The summed E-state index contributed by atoms with van der Waals surface area (Å²) in [5.41, 5.74) is 3.67. The summed E-state index contributed by atoms with van der Waals surface area (Å²) in [6, 6.07) is 2.08. The van der Waals surface area contributed by atoms with Gasteiger partial charge in [-0.15, -0.1) is 0 Å². The lowest BCUT2D eigenvalue weighted by molar-refractivity contribution is -0.131. The van der Waals surface area contributed by atoms with E-state index in [1.165, 1.54) is 6.20 Å². The van der Waals surface area contributed by atoms with E-state index in [2.05, 4.69) is 16.2 Å². The van der Waals surface area contributed by atoms with Crippen LogP contribution in [-0.4, -0.2) is 50.2 Å². The molecule has 7 nitrogen and oxygen atoms in total. The molecule has 0 atom stereocenters. The normalized spacial score (nSPS) is 10.7. The van der Waals surface area contributed by atoms with Gasteiger partial charge in [-0.25, -0.2) is 9.50 Å². The van der Waals surface area contributed by atoms with Crippen LogP contribution in [0, 0.1) is 25.2 Å². The SMILES string of the molecule is CCN(CCO)C(=O)CCc1c(C)nc2c(C#N)cnn2c1C. The molecule has 122 valence electrons. The Morgan fingerprint density at radius 2 is 2.22 bits per heavy atom. The molecule has 0 spiro atoms. The number of aryl methyl sites for hydroxylation is 2. The van der Waals surface area contributed by atoms with Crippen LogP contribution < -0.4 is 0 Å². The third kappa shape index (κ3) is 3.32. The minimum atomic E-state index is -0.0324. The van der Waals surface area contributed by atoms with Gasteiger partial charge >= 0.3 is 0 Å². The molecule has 2 aromatic heterocycles. The number of aliphatic hydroxyl groups is 1. The summed E-state index contributed by atoms with van der Waals surface area (Å²) in [6.45, 7) is 6.60. The summed E-state index contributed by atoms with van der Waals surface area (Å²) in [6.07, 6.45) is 2.42. The highest BCUT2D eigenvalue weighted by molar-refractivity contribution is 5.76. The average Bonchev–Trinajstić information content (AvgIpc) is 2.95. The van der Waals surface area contributed by atoms with E-state index in [4.69, 9.17) is 10.4 Å². The molecule has 0 aliphatic rings. The molecule has 2 heterocycles. The van der Waals surface area contributed by atoms with Crippen molar-refractivity contribution in [2.24, 2.45) is 0 Å². The highest BCUT2D eigenvalue weighted by atomic mass is 16.3. The number of nitrogens with zero attached hydrogens (tertiary/aromatic N) is 5. The summed E-state index contributed by atoms with van der Waals surface area (Å²) >= 11 is 0. The third-order valence-electron chi connectivity index (χ3n) is 4.02. The summed E-state index contributed by atoms with van der Waals surface area (Å²) < 4.78 is 1.65. The van der Waals surface area contributed by atoms with Crippen molar-refractivity contribution in [2.75, 3.05) is 19.7 Å². The van der Waals surface area contributed by atoms with Crippen molar-refractivity contribution in [1.29, 1.82) is 5.26 Å². The number of nitriles is 1. The molecule has 7 heteroatoms. The number of rotatable bonds is 6. The van der Waals surface area contributed by atoms with Crippen molar-refractivity contribution in [1.82, 2.24) is 19.5 Å². The Bertz CT molecular complexity index is 760. The van der Waals surface area contributed by atoms with Crippen LogP contribution in [0.1, 0.15) is 35.9 Å².